The number of ether oxygens (including phenoxy) is 1. The molecule has 1 aromatic heterocycles. The number of benzene rings is 1. The molecule has 0 N–H and O–H groups in total. The van der Waals surface area contributed by atoms with E-state index in [1.807, 2.05) is 6.07 Å². The van der Waals surface area contributed by atoms with Crippen LogP contribution in [0.4, 0.5) is 11.5 Å². The summed E-state index contributed by atoms with van der Waals surface area (Å²) < 4.78 is 13.8. The van der Waals surface area contributed by atoms with Crippen molar-refractivity contribution in [2.75, 3.05) is 61.9 Å². The zero-order chi connectivity index (χ0) is 25.8. The first-order chi connectivity index (χ1) is 17.3. The minimum atomic E-state index is -0.347. The number of likely N-dealkylation sites (N-methyl/N-ethyl adjacent to an activating group) is 2. The molecule has 1 aromatic carbocycles. The Bertz CT molecular complexity index is 960. The second kappa shape index (κ2) is 11.5. The van der Waals surface area contributed by atoms with Gasteiger partial charge in [0.2, 0.25) is 0 Å². The molecule has 198 valence electrons. The summed E-state index contributed by atoms with van der Waals surface area (Å²) in [5, 5.41) is 4.06. The Morgan fingerprint density at radius 1 is 1.11 bits per heavy atom. The van der Waals surface area contributed by atoms with Crippen LogP contribution < -0.4 is 9.80 Å². The summed E-state index contributed by atoms with van der Waals surface area (Å²) in [7, 11) is -0.340. The molecule has 4 rings (SSSR count). The van der Waals surface area contributed by atoms with Crippen LogP contribution in [0.3, 0.4) is 0 Å². The largest absolute Gasteiger partial charge is 0.461 e. The normalized spacial score (nSPS) is 20.7. The number of piperidine rings is 1. The van der Waals surface area contributed by atoms with Gasteiger partial charge in [-0.15, -0.1) is 0 Å². The van der Waals surface area contributed by atoms with E-state index < -0.39 is 0 Å². The zero-order valence-corrected chi connectivity index (χ0v) is 23.5. The first kappa shape index (κ1) is 26.9. The molecule has 36 heavy (non-hydrogen) atoms. The van der Waals surface area contributed by atoms with Gasteiger partial charge in [-0.05, 0) is 59.3 Å². The van der Waals surface area contributed by atoms with Crippen LogP contribution in [-0.4, -0.2) is 74.0 Å². The summed E-state index contributed by atoms with van der Waals surface area (Å²) in [5.41, 5.74) is 0.884. The highest BCUT2D eigenvalue weighted by Gasteiger charge is 2.54. The Morgan fingerprint density at radius 3 is 2.44 bits per heavy atom. The smallest absolute Gasteiger partial charge is 0.312 e. The Kier molecular flexibility index (Phi) is 8.62. The van der Waals surface area contributed by atoms with E-state index in [1.54, 1.807) is 6.26 Å². The lowest BCUT2D eigenvalue weighted by molar-refractivity contribution is -0.152. The van der Waals surface area contributed by atoms with Crippen molar-refractivity contribution in [2.24, 2.45) is 10.8 Å². The van der Waals surface area contributed by atoms with E-state index in [9.17, 15) is 4.79 Å². The molecule has 2 aliphatic rings. The van der Waals surface area contributed by atoms with Crippen LogP contribution in [0.25, 0.3) is 0 Å². The van der Waals surface area contributed by atoms with E-state index in [0.717, 1.165) is 70.5 Å². The quantitative estimate of drug-likeness (QED) is 0.291. The van der Waals surface area contributed by atoms with Crippen LogP contribution in [0.15, 0.2) is 47.2 Å². The SMILES string of the molecule is CCN(CCN(CC)P(C)CC(C)(C)C1CC2(CCN(c3ccon3)CC2)C(=O)O1)c1ccccc1. The van der Waals surface area contributed by atoms with Gasteiger partial charge in [0.1, 0.15) is 12.4 Å². The average molecular weight is 515 g/mol. The fourth-order valence-corrected chi connectivity index (χ4v) is 8.31. The van der Waals surface area contributed by atoms with Gasteiger partial charge in [0.25, 0.3) is 0 Å². The van der Waals surface area contributed by atoms with Gasteiger partial charge in [-0.1, -0.05) is 44.1 Å². The molecule has 2 unspecified atom stereocenters. The fourth-order valence-electron chi connectivity index (χ4n) is 5.82. The van der Waals surface area contributed by atoms with Crippen molar-refractivity contribution in [3.05, 3.63) is 42.7 Å². The van der Waals surface area contributed by atoms with E-state index in [4.69, 9.17) is 9.26 Å². The molecule has 8 heteroatoms. The Labute approximate surface area is 217 Å². The number of aromatic nitrogens is 1. The van der Waals surface area contributed by atoms with Crippen molar-refractivity contribution in [1.29, 1.82) is 0 Å². The standard InChI is InChI=1S/C28H43N4O3P/c1-6-30(23-11-9-8-10-12-23)18-19-32(7-2)36(5)22-27(3,4)24-21-28(26(33)35-24)14-16-31(17-15-28)25-13-20-34-29-25/h8-13,20,24H,6-7,14-19,21-22H2,1-5H3. The molecule has 2 fully saturated rings. The predicted molar refractivity (Wildman–Crippen MR) is 148 cm³/mol. The minimum absolute atomic E-state index is 0.00889. The highest BCUT2D eigenvalue weighted by atomic mass is 31.1. The number of rotatable bonds is 11. The highest BCUT2D eigenvalue weighted by molar-refractivity contribution is 7.54. The Hall–Kier alpha value is -2.11. The monoisotopic (exact) mass is 514 g/mol. The maximum atomic E-state index is 13.1. The third-order valence-electron chi connectivity index (χ3n) is 8.21. The van der Waals surface area contributed by atoms with E-state index in [-0.39, 0.29) is 31.0 Å². The molecule has 1 spiro atoms. The van der Waals surface area contributed by atoms with E-state index >= 15 is 0 Å². The second-order valence-corrected chi connectivity index (χ2v) is 13.2. The first-order valence-electron chi connectivity index (χ1n) is 13.4. The topological polar surface area (TPSA) is 62.0 Å². The molecule has 0 aliphatic carbocycles. The van der Waals surface area contributed by atoms with Crippen LogP contribution in [0.5, 0.6) is 0 Å². The lowest BCUT2D eigenvalue weighted by Gasteiger charge is -2.39. The average Bonchev–Trinajstić information content (AvgIpc) is 3.52. The molecule has 7 nitrogen and oxygen atoms in total. The van der Waals surface area contributed by atoms with Gasteiger partial charge in [0.15, 0.2) is 5.82 Å². The van der Waals surface area contributed by atoms with Gasteiger partial charge in [0.05, 0.1) is 5.41 Å². The maximum Gasteiger partial charge on any atom is 0.312 e. The van der Waals surface area contributed by atoms with Crippen molar-refractivity contribution >= 4 is 25.5 Å². The van der Waals surface area contributed by atoms with E-state index in [1.165, 1.54) is 5.69 Å². The number of esters is 1. The summed E-state index contributed by atoms with van der Waals surface area (Å²) in [5.74, 6) is 0.868. The minimum Gasteiger partial charge on any atom is -0.461 e. The number of carbonyl (C=O) groups is 1. The molecule has 2 aromatic rings. The van der Waals surface area contributed by atoms with E-state index in [2.05, 4.69) is 84.3 Å². The third kappa shape index (κ3) is 5.89. The summed E-state index contributed by atoms with van der Waals surface area (Å²) >= 11 is 0. The van der Waals surface area contributed by atoms with Gasteiger partial charge >= 0.3 is 5.97 Å². The Morgan fingerprint density at radius 2 is 1.83 bits per heavy atom. The molecule has 0 amide bonds. The molecular weight excluding hydrogens is 471 g/mol. The first-order valence-corrected chi connectivity index (χ1v) is 15.3. The number of anilines is 2. The van der Waals surface area contributed by atoms with Crippen molar-refractivity contribution < 1.29 is 14.1 Å². The fraction of sp³-hybridized carbons (Fsp3) is 0.643. The molecule has 2 aliphatic heterocycles. The lowest BCUT2D eigenvalue weighted by Crippen LogP contribution is -2.43. The van der Waals surface area contributed by atoms with Crippen molar-refractivity contribution in [1.82, 2.24) is 9.83 Å². The van der Waals surface area contributed by atoms with E-state index in [0.29, 0.717) is 0 Å². The van der Waals surface area contributed by atoms with Crippen molar-refractivity contribution in [3.8, 4) is 0 Å². The number of nitrogens with zero attached hydrogens (tertiary/aromatic N) is 4. The number of cyclic esters (lactones) is 1. The van der Waals surface area contributed by atoms with Gasteiger partial charge in [-0.25, -0.2) is 0 Å². The summed E-state index contributed by atoms with van der Waals surface area (Å²) in [6.07, 6.45) is 5.11. The van der Waals surface area contributed by atoms with Crippen molar-refractivity contribution in [2.45, 2.75) is 53.1 Å². The van der Waals surface area contributed by atoms with Gasteiger partial charge in [-0.2, -0.15) is 0 Å². The van der Waals surface area contributed by atoms with Crippen molar-refractivity contribution in [3.63, 3.8) is 0 Å². The predicted octanol–water partition coefficient (Wildman–Crippen LogP) is 5.48. The highest BCUT2D eigenvalue weighted by Crippen LogP contribution is 2.51. The van der Waals surface area contributed by atoms with Crippen LogP contribution >= 0.6 is 8.07 Å². The second-order valence-electron chi connectivity index (χ2n) is 11.0. The maximum absolute atomic E-state index is 13.1. The van der Waals surface area contributed by atoms with Gasteiger partial charge < -0.3 is 19.1 Å². The summed E-state index contributed by atoms with van der Waals surface area (Å²) in [4.78, 5) is 17.8. The molecule has 0 saturated carbocycles. The molecule has 2 saturated heterocycles. The molecule has 0 bridgehead atoms. The van der Waals surface area contributed by atoms with Crippen LogP contribution in [-0.2, 0) is 9.53 Å². The third-order valence-corrected chi connectivity index (χ3v) is 10.9. The molecule has 0 radical (unpaired) electrons. The number of hydrogen-bond donors (Lipinski definition) is 0. The summed E-state index contributed by atoms with van der Waals surface area (Å²) in [6.45, 7) is 17.2. The number of hydrogen-bond acceptors (Lipinski definition) is 7. The number of carbonyl (C=O) groups excluding carboxylic acids is 1. The van der Waals surface area contributed by atoms with Gasteiger partial charge in [0, 0.05) is 56.3 Å². The zero-order valence-electron chi connectivity index (χ0n) is 22.7. The van der Waals surface area contributed by atoms with Gasteiger partial charge in [-0.3, -0.25) is 9.46 Å². The summed E-state index contributed by atoms with van der Waals surface area (Å²) in [6, 6.07) is 12.6. The molecule has 2 atom stereocenters. The molecule has 3 heterocycles. The Balaban J connectivity index is 1.32. The number of para-hydroxylation sites is 1. The van der Waals surface area contributed by atoms with Crippen LogP contribution in [0.1, 0.15) is 47.0 Å². The van der Waals surface area contributed by atoms with Crippen LogP contribution in [0, 0.1) is 10.8 Å². The lowest BCUT2D eigenvalue weighted by atomic mass is 9.72. The van der Waals surface area contributed by atoms with Crippen LogP contribution in [0.2, 0.25) is 0 Å². The molecular formula is C28H43N4O3P.